The molecule has 2 nitrogen and oxygen atoms in total. The van der Waals surface area contributed by atoms with E-state index in [1.807, 2.05) is 0 Å². The maximum atomic E-state index is 11.8. The lowest BCUT2D eigenvalue weighted by atomic mass is 9.92. The van der Waals surface area contributed by atoms with Crippen LogP contribution in [-0.4, -0.2) is 25.3 Å². The maximum Gasteiger partial charge on any atom is 0.102 e. The van der Waals surface area contributed by atoms with Crippen LogP contribution in [0.5, 0.6) is 0 Å². The first-order valence-corrected chi connectivity index (χ1v) is 4.38. The average Bonchev–Trinajstić information content (AvgIpc) is 2.01. The fourth-order valence-electron chi connectivity index (χ4n) is 1.67. The minimum Gasteiger partial charge on any atom is -0.328 e. The van der Waals surface area contributed by atoms with Crippen molar-refractivity contribution in [1.29, 1.82) is 0 Å². The summed E-state index contributed by atoms with van der Waals surface area (Å²) in [6.07, 6.45) is 4.49. The molecule has 1 rings (SSSR count). The van der Waals surface area contributed by atoms with Gasteiger partial charge in [0, 0.05) is 18.6 Å². The van der Waals surface area contributed by atoms with E-state index < -0.39 is 0 Å². The summed E-state index contributed by atoms with van der Waals surface area (Å²) in [7, 11) is 0. The monoisotopic (exact) mass is 160 g/mol. The Morgan fingerprint density at radius 3 is 2.91 bits per heavy atom. The van der Waals surface area contributed by atoms with E-state index in [9.17, 15) is 4.39 Å². The third-order valence-corrected chi connectivity index (χ3v) is 2.24. The molecule has 3 heteroatoms. The van der Waals surface area contributed by atoms with E-state index in [-0.39, 0.29) is 6.67 Å². The molecule has 0 amide bonds. The van der Waals surface area contributed by atoms with Crippen molar-refractivity contribution in [2.45, 2.75) is 37.8 Å². The summed E-state index contributed by atoms with van der Waals surface area (Å²) in [6, 6.07) is 0.801. The minimum absolute atomic E-state index is 0.272. The van der Waals surface area contributed by atoms with Crippen LogP contribution in [-0.2, 0) is 0 Å². The highest BCUT2D eigenvalue weighted by molar-refractivity contribution is 4.79. The Morgan fingerprint density at radius 1 is 1.45 bits per heavy atom. The van der Waals surface area contributed by atoms with Crippen molar-refractivity contribution < 1.29 is 4.39 Å². The summed E-state index contributed by atoms with van der Waals surface area (Å²) in [5.74, 6) is 0. The molecule has 1 fully saturated rings. The van der Waals surface area contributed by atoms with Crippen molar-refractivity contribution in [3.05, 3.63) is 0 Å². The van der Waals surface area contributed by atoms with E-state index in [1.54, 1.807) is 0 Å². The first-order chi connectivity index (χ1) is 5.33. The second kappa shape index (κ2) is 4.67. The van der Waals surface area contributed by atoms with Crippen molar-refractivity contribution in [2.24, 2.45) is 5.73 Å². The SMILES string of the molecule is N[C@H]1CCC[C@@H](NCCF)C1. The summed E-state index contributed by atoms with van der Waals surface area (Å²) >= 11 is 0. The summed E-state index contributed by atoms with van der Waals surface area (Å²) in [6.45, 7) is 0.211. The molecule has 0 aliphatic heterocycles. The molecular formula is C8H17FN2. The van der Waals surface area contributed by atoms with Crippen LogP contribution < -0.4 is 11.1 Å². The molecule has 0 heterocycles. The molecule has 2 atom stereocenters. The second-order valence-electron chi connectivity index (χ2n) is 3.27. The molecule has 0 saturated heterocycles. The van der Waals surface area contributed by atoms with Crippen LogP contribution in [0, 0.1) is 0 Å². The molecule has 0 aromatic rings. The standard InChI is InChI=1S/C8H17FN2/c9-4-5-11-8-3-1-2-7(10)6-8/h7-8,11H,1-6,10H2/t7-,8+/m0/s1. The number of hydrogen-bond donors (Lipinski definition) is 2. The van der Waals surface area contributed by atoms with Gasteiger partial charge in [0.05, 0.1) is 0 Å². The number of halogens is 1. The molecule has 0 aromatic heterocycles. The van der Waals surface area contributed by atoms with Gasteiger partial charge in [-0.25, -0.2) is 4.39 Å². The third kappa shape index (κ3) is 3.16. The molecule has 0 bridgehead atoms. The molecule has 0 unspecified atom stereocenters. The molecule has 11 heavy (non-hydrogen) atoms. The summed E-state index contributed by atoms with van der Waals surface area (Å²) in [5, 5.41) is 3.15. The Labute approximate surface area is 67.3 Å². The van der Waals surface area contributed by atoms with Crippen LogP contribution in [0.3, 0.4) is 0 Å². The zero-order valence-corrected chi connectivity index (χ0v) is 6.85. The van der Waals surface area contributed by atoms with E-state index >= 15 is 0 Å². The van der Waals surface area contributed by atoms with E-state index in [4.69, 9.17) is 5.73 Å². The normalized spacial score (nSPS) is 32.2. The molecular weight excluding hydrogens is 143 g/mol. The Morgan fingerprint density at radius 2 is 2.27 bits per heavy atom. The number of nitrogens with two attached hydrogens (primary N) is 1. The van der Waals surface area contributed by atoms with Crippen LogP contribution in [0.2, 0.25) is 0 Å². The smallest absolute Gasteiger partial charge is 0.102 e. The fourth-order valence-corrected chi connectivity index (χ4v) is 1.67. The number of nitrogens with one attached hydrogen (secondary N) is 1. The van der Waals surface area contributed by atoms with Gasteiger partial charge in [-0.15, -0.1) is 0 Å². The largest absolute Gasteiger partial charge is 0.328 e. The Bertz CT molecular complexity index is 108. The van der Waals surface area contributed by atoms with Gasteiger partial charge < -0.3 is 11.1 Å². The quantitative estimate of drug-likeness (QED) is 0.641. The molecule has 66 valence electrons. The van der Waals surface area contributed by atoms with Crippen LogP contribution in [0.4, 0.5) is 4.39 Å². The van der Waals surface area contributed by atoms with Gasteiger partial charge in [0.2, 0.25) is 0 Å². The average molecular weight is 160 g/mol. The summed E-state index contributed by atoms with van der Waals surface area (Å²) in [4.78, 5) is 0. The molecule has 1 aliphatic carbocycles. The highest BCUT2D eigenvalue weighted by atomic mass is 19.1. The zero-order chi connectivity index (χ0) is 8.10. The summed E-state index contributed by atoms with van der Waals surface area (Å²) in [5.41, 5.74) is 5.76. The van der Waals surface area contributed by atoms with E-state index in [0.29, 0.717) is 18.6 Å². The van der Waals surface area contributed by atoms with E-state index in [2.05, 4.69) is 5.32 Å². The van der Waals surface area contributed by atoms with Crippen molar-refractivity contribution in [3.8, 4) is 0 Å². The first kappa shape index (κ1) is 8.94. The molecule has 0 aromatic carbocycles. The lowest BCUT2D eigenvalue weighted by Gasteiger charge is -2.26. The van der Waals surface area contributed by atoms with Crippen LogP contribution in [0.15, 0.2) is 0 Å². The number of alkyl halides is 1. The van der Waals surface area contributed by atoms with E-state index in [0.717, 1.165) is 19.3 Å². The van der Waals surface area contributed by atoms with Gasteiger partial charge in [0.25, 0.3) is 0 Å². The van der Waals surface area contributed by atoms with Gasteiger partial charge in [0.1, 0.15) is 6.67 Å². The first-order valence-electron chi connectivity index (χ1n) is 4.38. The maximum absolute atomic E-state index is 11.8. The molecule has 1 saturated carbocycles. The van der Waals surface area contributed by atoms with Gasteiger partial charge in [-0.1, -0.05) is 6.42 Å². The van der Waals surface area contributed by atoms with E-state index in [1.165, 1.54) is 6.42 Å². The fraction of sp³-hybridized carbons (Fsp3) is 1.00. The number of rotatable bonds is 3. The Balaban J connectivity index is 2.12. The van der Waals surface area contributed by atoms with Gasteiger partial charge in [0.15, 0.2) is 0 Å². The van der Waals surface area contributed by atoms with Gasteiger partial charge in [-0.05, 0) is 19.3 Å². The van der Waals surface area contributed by atoms with Crippen molar-refractivity contribution in [2.75, 3.05) is 13.2 Å². The van der Waals surface area contributed by atoms with Crippen LogP contribution in [0.1, 0.15) is 25.7 Å². The Hall–Kier alpha value is -0.150. The van der Waals surface area contributed by atoms with Gasteiger partial charge in [-0.3, -0.25) is 0 Å². The Kier molecular flexibility index (Phi) is 3.80. The minimum atomic E-state index is -0.272. The highest BCUT2D eigenvalue weighted by Crippen LogP contribution is 2.16. The third-order valence-electron chi connectivity index (χ3n) is 2.24. The predicted molar refractivity (Wildman–Crippen MR) is 44.2 cm³/mol. The molecule has 1 aliphatic rings. The van der Waals surface area contributed by atoms with Crippen molar-refractivity contribution >= 4 is 0 Å². The number of hydrogen-bond acceptors (Lipinski definition) is 2. The molecule has 0 spiro atoms. The highest BCUT2D eigenvalue weighted by Gasteiger charge is 2.17. The van der Waals surface area contributed by atoms with Gasteiger partial charge >= 0.3 is 0 Å². The lowest BCUT2D eigenvalue weighted by molar-refractivity contribution is 0.327. The summed E-state index contributed by atoms with van der Waals surface area (Å²) < 4.78 is 11.8. The predicted octanol–water partition coefficient (Wildman–Crippen LogP) is 0.815. The van der Waals surface area contributed by atoms with Gasteiger partial charge in [-0.2, -0.15) is 0 Å². The second-order valence-corrected chi connectivity index (χ2v) is 3.27. The lowest BCUT2D eigenvalue weighted by Crippen LogP contribution is -2.40. The van der Waals surface area contributed by atoms with Crippen LogP contribution >= 0.6 is 0 Å². The molecule has 3 N–H and O–H groups in total. The van der Waals surface area contributed by atoms with Crippen molar-refractivity contribution in [3.63, 3.8) is 0 Å². The van der Waals surface area contributed by atoms with Crippen LogP contribution in [0.25, 0.3) is 0 Å². The van der Waals surface area contributed by atoms with Crippen molar-refractivity contribution in [1.82, 2.24) is 5.32 Å². The topological polar surface area (TPSA) is 38.0 Å². The molecule has 0 radical (unpaired) electrons. The zero-order valence-electron chi connectivity index (χ0n) is 6.85.